The van der Waals surface area contributed by atoms with Crippen LogP contribution in [0.3, 0.4) is 0 Å². The molecule has 4 heteroatoms. The zero-order valence-corrected chi connectivity index (χ0v) is 12.0. The molecule has 0 aliphatic heterocycles. The Bertz CT molecular complexity index is 142. The lowest BCUT2D eigenvalue weighted by Gasteiger charge is -2.32. The smallest absolute Gasteiger partial charge is 0.0600 e. The first-order valence-electron chi connectivity index (χ1n) is 5.22. The number of hydrogen-bond donors (Lipinski definition) is 0. The van der Waals surface area contributed by atoms with E-state index >= 15 is 0 Å². The first kappa shape index (κ1) is 14.1. The summed E-state index contributed by atoms with van der Waals surface area (Å²) in [6, 6.07) is 0. The van der Waals surface area contributed by atoms with Gasteiger partial charge in [-0.05, 0) is 34.4 Å². The molecule has 0 atom stereocenters. The second-order valence-corrected chi connectivity index (χ2v) is 11.3. The quantitative estimate of drug-likeness (QED) is 0.489. The van der Waals surface area contributed by atoms with Gasteiger partial charge in [-0.25, -0.2) is 0 Å². The minimum atomic E-state index is -0.981. The highest BCUT2D eigenvalue weighted by Crippen LogP contribution is 2.04. The summed E-state index contributed by atoms with van der Waals surface area (Å²) in [4.78, 5) is 7.00. The van der Waals surface area contributed by atoms with Crippen LogP contribution >= 0.6 is 0 Å². The first-order chi connectivity index (χ1) is 6.20. The van der Waals surface area contributed by atoms with Gasteiger partial charge in [-0.3, -0.25) is 14.7 Å². The zero-order chi connectivity index (χ0) is 11.4. The Kier molecular flexibility index (Phi) is 5.89. The summed E-state index contributed by atoms with van der Waals surface area (Å²) in [6.45, 7) is 9.38. The van der Waals surface area contributed by atoms with E-state index in [-0.39, 0.29) is 0 Å². The Morgan fingerprint density at radius 2 is 1.14 bits per heavy atom. The van der Waals surface area contributed by atoms with Gasteiger partial charge >= 0.3 is 0 Å². The molecular formula is C10H27N3Si. The third-order valence-electron chi connectivity index (χ3n) is 1.66. The molecule has 0 N–H and O–H groups in total. The first-order valence-corrected chi connectivity index (χ1v) is 8.93. The molecule has 0 aromatic rings. The van der Waals surface area contributed by atoms with Crippen LogP contribution in [0.25, 0.3) is 0 Å². The van der Waals surface area contributed by atoms with Crippen molar-refractivity contribution in [2.24, 2.45) is 0 Å². The summed E-state index contributed by atoms with van der Waals surface area (Å²) < 4.78 is 0. The Morgan fingerprint density at radius 1 is 0.786 bits per heavy atom. The predicted octanol–water partition coefficient (Wildman–Crippen LogP) is 1.20. The molecule has 0 amide bonds. The molecular weight excluding hydrogens is 190 g/mol. The van der Waals surface area contributed by atoms with Crippen molar-refractivity contribution in [1.29, 1.82) is 0 Å². The van der Waals surface area contributed by atoms with E-state index in [1.807, 2.05) is 0 Å². The van der Waals surface area contributed by atoms with Gasteiger partial charge in [-0.1, -0.05) is 19.6 Å². The van der Waals surface area contributed by atoms with Crippen molar-refractivity contribution in [3.05, 3.63) is 0 Å². The Hall–Kier alpha value is 0.0969. The van der Waals surface area contributed by atoms with Gasteiger partial charge in [0.2, 0.25) is 0 Å². The maximum Gasteiger partial charge on any atom is 0.0600 e. The summed E-state index contributed by atoms with van der Waals surface area (Å²) >= 11 is 0. The molecule has 0 fully saturated rings. The fraction of sp³-hybridized carbons (Fsp3) is 1.00. The van der Waals surface area contributed by atoms with E-state index in [9.17, 15) is 0 Å². The van der Waals surface area contributed by atoms with Gasteiger partial charge in [-0.2, -0.15) is 0 Å². The van der Waals surface area contributed by atoms with Gasteiger partial charge in [0.25, 0.3) is 0 Å². The predicted molar refractivity (Wildman–Crippen MR) is 67.2 cm³/mol. The minimum absolute atomic E-state index is 0.981. The molecule has 14 heavy (non-hydrogen) atoms. The molecule has 86 valence electrons. The van der Waals surface area contributed by atoms with Crippen molar-refractivity contribution in [1.82, 2.24) is 14.7 Å². The highest BCUT2D eigenvalue weighted by molar-refractivity contribution is 6.76. The topological polar surface area (TPSA) is 9.72 Å². The summed E-state index contributed by atoms with van der Waals surface area (Å²) in [5.74, 6) is 0. The van der Waals surface area contributed by atoms with Crippen molar-refractivity contribution in [3.8, 4) is 0 Å². The number of nitrogens with zero attached hydrogens (tertiary/aromatic N) is 3. The van der Waals surface area contributed by atoms with Crippen molar-refractivity contribution in [3.63, 3.8) is 0 Å². The fourth-order valence-electron chi connectivity index (χ4n) is 1.62. The lowest BCUT2D eigenvalue weighted by molar-refractivity contribution is 0.136. The molecule has 0 aliphatic rings. The normalized spacial score (nSPS) is 13.3. The van der Waals surface area contributed by atoms with Gasteiger partial charge in [0.05, 0.1) is 21.4 Å². The average molecular weight is 217 g/mol. The highest BCUT2D eigenvalue weighted by Gasteiger charge is 2.18. The lowest BCUT2D eigenvalue weighted by atomic mass is 10.7. The molecule has 0 unspecified atom stereocenters. The second kappa shape index (κ2) is 5.85. The van der Waals surface area contributed by atoms with E-state index in [4.69, 9.17) is 0 Å². The van der Waals surface area contributed by atoms with Crippen LogP contribution in [-0.4, -0.2) is 70.5 Å². The molecule has 0 saturated heterocycles. The van der Waals surface area contributed by atoms with E-state index in [1.54, 1.807) is 0 Å². The van der Waals surface area contributed by atoms with Crippen LogP contribution in [0.15, 0.2) is 0 Å². The van der Waals surface area contributed by atoms with Crippen molar-refractivity contribution < 1.29 is 0 Å². The second-order valence-electron chi connectivity index (χ2n) is 5.83. The van der Waals surface area contributed by atoms with E-state index in [0.29, 0.717) is 0 Å². The molecule has 0 aromatic carbocycles. The summed E-state index contributed by atoms with van der Waals surface area (Å²) in [5, 5.41) is 0. The number of hydrogen-bond acceptors (Lipinski definition) is 3. The van der Waals surface area contributed by atoms with E-state index in [2.05, 4.69) is 62.5 Å². The molecule has 0 radical (unpaired) electrons. The third-order valence-corrected chi connectivity index (χ3v) is 3.06. The van der Waals surface area contributed by atoms with Crippen LogP contribution in [0.1, 0.15) is 0 Å². The van der Waals surface area contributed by atoms with Crippen molar-refractivity contribution in [2.75, 3.05) is 47.7 Å². The Balaban J connectivity index is 4.11. The molecule has 0 saturated carbocycles. The Morgan fingerprint density at radius 3 is 1.36 bits per heavy atom. The largest absolute Gasteiger partial charge is 0.297 e. The van der Waals surface area contributed by atoms with Gasteiger partial charge < -0.3 is 0 Å². The van der Waals surface area contributed by atoms with Crippen molar-refractivity contribution in [2.45, 2.75) is 19.6 Å². The summed E-state index contributed by atoms with van der Waals surface area (Å²) in [5.41, 5.74) is 0. The van der Waals surface area contributed by atoms with Gasteiger partial charge in [0, 0.05) is 0 Å². The molecule has 0 spiro atoms. The maximum atomic E-state index is 2.52. The maximum absolute atomic E-state index is 2.52. The van der Waals surface area contributed by atoms with Gasteiger partial charge in [0.15, 0.2) is 0 Å². The standard InChI is InChI=1S/C10H27N3Si/c1-11(2)8-13(9-12(3)4)10-14(5,6)7/h8-10H2,1-7H3. The van der Waals surface area contributed by atoms with Crippen LogP contribution in [0.5, 0.6) is 0 Å². The van der Waals surface area contributed by atoms with Gasteiger partial charge in [0.1, 0.15) is 0 Å². The average Bonchev–Trinajstić information content (AvgIpc) is 1.77. The zero-order valence-electron chi connectivity index (χ0n) is 11.0. The van der Waals surface area contributed by atoms with E-state index < -0.39 is 8.07 Å². The molecule has 0 aliphatic carbocycles. The van der Waals surface area contributed by atoms with Crippen LogP contribution in [0.2, 0.25) is 19.6 Å². The Labute approximate surface area is 90.7 Å². The van der Waals surface area contributed by atoms with E-state index in [1.165, 1.54) is 6.17 Å². The fourth-order valence-corrected chi connectivity index (χ4v) is 3.16. The van der Waals surface area contributed by atoms with Crippen LogP contribution < -0.4 is 0 Å². The van der Waals surface area contributed by atoms with Crippen molar-refractivity contribution >= 4 is 8.07 Å². The van der Waals surface area contributed by atoms with Crippen LogP contribution in [0.4, 0.5) is 0 Å². The highest BCUT2D eigenvalue weighted by atomic mass is 28.3. The number of rotatable bonds is 6. The lowest BCUT2D eigenvalue weighted by Crippen LogP contribution is -2.47. The molecule has 0 heterocycles. The van der Waals surface area contributed by atoms with Crippen LogP contribution in [-0.2, 0) is 0 Å². The minimum Gasteiger partial charge on any atom is -0.297 e. The SMILES string of the molecule is CN(C)CN(CN(C)C)C[Si](C)(C)C. The third kappa shape index (κ3) is 8.68. The molecule has 0 rings (SSSR count). The monoisotopic (exact) mass is 217 g/mol. The van der Waals surface area contributed by atoms with Gasteiger partial charge in [-0.15, -0.1) is 0 Å². The molecule has 3 nitrogen and oxygen atoms in total. The summed E-state index contributed by atoms with van der Waals surface area (Å²) in [7, 11) is 7.55. The van der Waals surface area contributed by atoms with E-state index in [0.717, 1.165) is 13.3 Å². The summed E-state index contributed by atoms with van der Waals surface area (Å²) in [6.07, 6.45) is 1.27. The molecule has 0 bridgehead atoms. The molecule has 0 aromatic heterocycles. The van der Waals surface area contributed by atoms with Crippen LogP contribution in [0, 0.1) is 0 Å².